The number of ether oxygens (including phenoxy) is 2. The molecule has 0 bridgehead atoms. The predicted octanol–water partition coefficient (Wildman–Crippen LogP) is 3.62. The van der Waals surface area contributed by atoms with Crippen molar-refractivity contribution in [3.8, 4) is 0 Å². The van der Waals surface area contributed by atoms with Gasteiger partial charge in [0, 0.05) is 14.2 Å². The van der Waals surface area contributed by atoms with Crippen molar-refractivity contribution in [2.24, 2.45) is 0 Å². The van der Waals surface area contributed by atoms with Gasteiger partial charge in [-0.2, -0.15) is 0 Å². The van der Waals surface area contributed by atoms with Gasteiger partial charge in [-0.3, -0.25) is 0 Å². The molecule has 0 atom stereocenters. The van der Waals surface area contributed by atoms with Gasteiger partial charge in [-0.1, -0.05) is 54.6 Å². The van der Waals surface area contributed by atoms with E-state index in [0.29, 0.717) is 0 Å². The average Bonchev–Trinajstić information content (AvgIpc) is 2.88. The molecule has 0 saturated carbocycles. The van der Waals surface area contributed by atoms with Gasteiger partial charge in [0.25, 0.3) is 0 Å². The highest BCUT2D eigenvalue weighted by atomic mass is 28.3. The average molecular weight is 311 g/mol. The summed E-state index contributed by atoms with van der Waals surface area (Å²) in [4.78, 5) is 0. The summed E-state index contributed by atoms with van der Waals surface area (Å²) in [5, 5.41) is 1.68. The summed E-state index contributed by atoms with van der Waals surface area (Å²) < 4.78 is 10.6. The summed E-state index contributed by atoms with van der Waals surface area (Å²) in [7, 11) is 1.92. The SMILES string of the molecule is C=CC[Si](C)(C)C1=CCC=C1CCC[SiH2]C(OC)OC. The third kappa shape index (κ3) is 5.16. The molecule has 0 radical (unpaired) electrons. The van der Waals surface area contributed by atoms with Gasteiger partial charge in [-0.15, -0.1) is 6.58 Å². The first kappa shape index (κ1) is 17.6. The third-order valence-electron chi connectivity index (χ3n) is 4.08. The van der Waals surface area contributed by atoms with E-state index in [0.717, 1.165) is 6.42 Å². The zero-order valence-electron chi connectivity index (χ0n) is 13.6. The maximum absolute atomic E-state index is 5.29. The molecule has 4 heteroatoms. The van der Waals surface area contributed by atoms with Gasteiger partial charge in [0.1, 0.15) is 5.91 Å². The Hall–Kier alpha value is -0.426. The molecular formula is C16H30O2Si2. The molecule has 114 valence electrons. The van der Waals surface area contributed by atoms with Crippen LogP contribution in [-0.4, -0.2) is 37.7 Å². The summed E-state index contributed by atoms with van der Waals surface area (Å²) in [5.74, 6) is 0.0918. The van der Waals surface area contributed by atoms with Gasteiger partial charge < -0.3 is 9.47 Å². The lowest BCUT2D eigenvalue weighted by atomic mass is 10.2. The number of hydrogen-bond acceptors (Lipinski definition) is 2. The van der Waals surface area contributed by atoms with Crippen LogP contribution in [0.4, 0.5) is 0 Å². The summed E-state index contributed by atoms with van der Waals surface area (Å²) in [5.41, 5.74) is 1.61. The van der Waals surface area contributed by atoms with Crippen LogP contribution >= 0.6 is 0 Å². The fraction of sp³-hybridized carbons (Fsp3) is 0.625. The Balaban J connectivity index is 2.41. The van der Waals surface area contributed by atoms with Gasteiger partial charge in [0.05, 0.1) is 17.6 Å². The van der Waals surface area contributed by atoms with Crippen LogP contribution < -0.4 is 0 Å². The molecular weight excluding hydrogens is 280 g/mol. The minimum atomic E-state index is -1.29. The molecule has 1 aliphatic carbocycles. The molecule has 0 spiro atoms. The third-order valence-corrected chi connectivity index (χ3v) is 9.42. The lowest BCUT2D eigenvalue weighted by molar-refractivity contribution is -0.0441. The largest absolute Gasteiger partial charge is 0.360 e. The molecule has 0 aromatic carbocycles. The molecule has 0 saturated heterocycles. The number of rotatable bonds is 10. The fourth-order valence-corrected chi connectivity index (χ4v) is 6.99. The predicted molar refractivity (Wildman–Crippen MR) is 93.7 cm³/mol. The molecule has 0 aromatic rings. The molecule has 0 amide bonds. The Morgan fingerprint density at radius 3 is 2.65 bits per heavy atom. The second kappa shape index (κ2) is 8.77. The van der Waals surface area contributed by atoms with E-state index in [9.17, 15) is 0 Å². The van der Waals surface area contributed by atoms with Gasteiger partial charge >= 0.3 is 0 Å². The van der Waals surface area contributed by atoms with E-state index >= 15 is 0 Å². The van der Waals surface area contributed by atoms with Crippen LogP contribution in [-0.2, 0) is 9.47 Å². The van der Waals surface area contributed by atoms with E-state index in [1.165, 1.54) is 24.9 Å². The van der Waals surface area contributed by atoms with E-state index in [4.69, 9.17) is 9.47 Å². The zero-order valence-corrected chi connectivity index (χ0v) is 16.0. The van der Waals surface area contributed by atoms with Gasteiger partial charge in [0.15, 0.2) is 0 Å². The Bertz CT molecular complexity index is 369. The number of methoxy groups -OCH3 is 2. The van der Waals surface area contributed by atoms with Gasteiger partial charge in [0.2, 0.25) is 0 Å². The first-order valence-corrected chi connectivity index (χ1v) is 12.6. The van der Waals surface area contributed by atoms with Crippen LogP contribution in [0.5, 0.6) is 0 Å². The molecule has 0 unspecified atom stereocenters. The molecule has 0 aliphatic heterocycles. The highest BCUT2D eigenvalue weighted by Crippen LogP contribution is 2.33. The van der Waals surface area contributed by atoms with Crippen molar-refractivity contribution >= 4 is 17.6 Å². The van der Waals surface area contributed by atoms with Crippen molar-refractivity contribution < 1.29 is 9.47 Å². The van der Waals surface area contributed by atoms with E-state index in [2.05, 4.69) is 37.9 Å². The van der Waals surface area contributed by atoms with Crippen molar-refractivity contribution in [3.63, 3.8) is 0 Å². The van der Waals surface area contributed by atoms with Crippen molar-refractivity contribution in [2.75, 3.05) is 14.2 Å². The summed E-state index contributed by atoms with van der Waals surface area (Å²) in [6, 6.07) is 2.47. The Morgan fingerprint density at radius 2 is 2.05 bits per heavy atom. The van der Waals surface area contributed by atoms with Gasteiger partial charge in [-0.05, 0) is 18.9 Å². The zero-order chi connectivity index (χ0) is 15.0. The van der Waals surface area contributed by atoms with E-state index in [1.54, 1.807) is 25.0 Å². The summed E-state index contributed by atoms with van der Waals surface area (Å²) >= 11 is 0. The van der Waals surface area contributed by atoms with E-state index < -0.39 is 8.07 Å². The summed E-state index contributed by atoms with van der Waals surface area (Å²) in [6.07, 6.45) is 10.6. The fourth-order valence-electron chi connectivity index (χ4n) is 2.94. The highest BCUT2D eigenvalue weighted by Gasteiger charge is 2.28. The van der Waals surface area contributed by atoms with Crippen LogP contribution in [0.3, 0.4) is 0 Å². The van der Waals surface area contributed by atoms with Crippen molar-refractivity contribution in [1.82, 2.24) is 0 Å². The van der Waals surface area contributed by atoms with Gasteiger partial charge in [-0.25, -0.2) is 0 Å². The summed E-state index contributed by atoms with van der Waals surface area (Å²) in [6.45, 7) is 8.84. The lowest BCUT2D eigenvalue weighted by Crippen LogP contribution is -2.28. The first-order chi connectivity index (χ1) is 9.55. The highest BCUT2D eigenvalue weighted by molar-refractivity contribution is 6.85. The van der Waals surface area contributed by atoms with Crippen LogP contribution in [0.1, 0.15) is 19.3 Å². The molecule has 0 fully saturated rings. The topological polar surface area (TPSA) is 18.5 Å². The van der Waals surface area contributed by atoms with Crippen LogP contribution in [0, 0.1) is 0 Å². The second-order valence-corrected chi connectivity index (χ2v) is 12.8. The minimum Gasteiger partial charge on any atom is -0.360 e. The van der Waals surface area contributed by atoms with Crippen LogP contribution in [0.2, 0.25) is 25.2 Å². The van der Waals surface area contributed by atoms with Crippen molar-refractivity contribution in [1.29, 1.82) is 0 Å². The Morgan fingerprint density at radius 1 is 1.35 bits per heavy atom. The van der Waals surface area contributed by atoms with Crippen LogP contribution in [0.15, 0.2) is 35.6 Å². The van der Waals surface area contributed by atoms with Crippen molar-refractivity contribution in [3.05, 3.63) is 35.6 Å². The quantitative estimate of drug-likeness (QED) is 0.265. The smallest absolute Gasteiger partial charge is 0.134 e. The van der Waals surface area contributed by atoms with E-state index in [1.807, 2.05) is 0 Å². The first-order valence-electron chi connectivity index (χ1n) is 7.61. The second-order valence-electron chi connectivity index (χ2n) is 6.11. The molecule has 0 heterocycles. The molecule has 2 nitrogen and oxygen atoms in total. The molecule has 0 aromatic heterocycles. The minimum absolute atomic E-state index is 0.0918. The molecule has 20 heavy (non-hydrogen) atoms. The van der Waals surface area contributed by atoms with Crippen LogP contribution in [0.25, 0.3) is 0 Å². The molecule has 1 aliphatic rings. The standard InChI is InChI=1S/C16H30O2Si2/c1-6-13-20(4,5)15-11-7-9-14(15)10-8-12-19-16(17-2)18-3/h6,9,11,16H,1,7-8,10,12-13,19H2,2-5H3. The van der Waals surface area contributed by atoms with Crippen molar-refractivity contribution in [2.45, 2.75) is 50.4 Å². The maximum atomic E-state index is 5.29. The maximum Gasteiger partial charge on any atom is 0.134 e. The lowest BCUT2D eigenvalue weighted by Gasteiger charge is -2.25. The Labute approximate surface area is 127 Å². The molecule has 0 N–H and O–H groups in total. The molecule has 1 rings (SSSR count). The monoisotopic (exact) mass is 310 g/mol. The van der Waals surface area contributed by atoms with E-state index in [-0.39, 0.29) is 15.4 Å². The normalized spacial score (nSPS) is 16.1. The number of allylic oxidation sites excluding steroid dienone is 5. The Kier molecular flexibility index (Phi) is 7.73. The number of hydrogen-bond donors (Lipinski definition) is 0.